The van der Waals surface area contributed by atoms with Crippen molar-refractivity contribution in [2.45, 2.75) is 32.4 Å². The molecule has 0 saturated heterocycles. The van der Waals surface area contributed by atoms with Gasteiger partial charge in [0, 0.05) is 6.54 Å². The van der Waals surface area contributed by atoms with Crippen LogP contribution in [0.2, 0.25) is 0 Å². The molecule has 0 spiro atoms. The summed E-state index contributed by atoms with van der Waals surface area (Å²) in [4.78, 5) is 10.9. The van der Waals surface area contributed by atoms with Gasteiger partial charge in [-0.25, -0.2) is 0 Å². The Morgan fingerprint density at radius 3 is 2.47 bits per heavy atom. The van der Waals surface area contributed by atoms with Gasteiger partial charge in [0.1, 0.15) is 6.04 Å². The predicted molar refractivity (Wildman–Crippen MR) is 71.7 cm³/mol. The first-order valence-corrected chi connectivity index (χ1v) is 7.46. The standard InChI is InChI=1S/C12H18N2O4S/c1-2-6-11(12(15)16)14-19(17,18)13-9-10-7-4-3-5-8-10/h3-5,7-8,11,13-14H,2,6,9H2,1H3,(H,15,16). The molecule has 0 aliphatic carbocycles. The first-order chi connectivity index (χ1) is 8.94. The molecule has 6 nitrogen and oxygen atoms in total. The second-order valence-electron chi connectivity index (χ2n) is 4.11. The highest BCUT2D eigenvalue weighted by Crippen LogP contribution is 2.01. The molecule has 1 unspecified atom stereocenters. The topological polar surface area (TPSA) is 95.5 Å². The number of carbonyl (C=O) groups is 1. The van der Waals surface area contributed by atoms with Crippen LogP contribution in [0, 0.1) is 0 Å². The molecule has 0 fully saturated rings. The van der Waals surface area contributed by atoms with Gasteiger partial charge in [-0.1, -0.05) is 43.7 Å². The highest BCUT2D eigenvalue weighted by molar-refractivity contribution is 7.87. The van der Waals surface area contributed by atoms with E-state index in [1.165, 1.54) is 0 Å². The molecule has 0 aromatic heterocycles. The van der Waals surface area contributed by atoms with E-state index in [4.69, 9.17) is 5.11 Å². The zero-order valence-electron chi connectivity index (χ0n) is 10.7. The Hall–Kier alpha value is -1.44. The molecule has 0 heterocycles. The molecule has 3 N–H and O–H groups in total. The van der Waals surface area contributed by atoms with Crippen LogP contribution in [0.15, 0.2) is 30.3 Å². The van der Waals surface area contributed by atoms with Crippen molar-refractivity contribution >= 4 is 16.2 Å². The molecule has 0 bridgehead atoms. The van der Waals surface area contributed by atoms with Gasteiger partial charge in [-0.05, 0) is 12.0 Å². The monoisotopic (exact) mass is 286 g/mol. The maximum atomic E-state index is 11.7. The molecule has 0 saturated carbocycles. The van der Waals surface area contributed by atoms with Crippen LogP contribution in [0.3, 0.4) is 0 Å². The molecule has 1 aromatic rings. The van der Waals surface area contributed by atoms with Crippen molar-refractivity contribution < 1.29 is 18.3 Å². The highest BCUT2D eigenvalue weighted by atomic mass is 32.2. The Bertz CT molecular complexity index is 502. The van der Waals surface area contributed by atoms with Crippen LogP contribution in [-0.2, 0) is 21.5 Å². The molecule has 1 rings (SSSR count). The van der Waals surface area contributed by atoms with Crippen molar-refractivity contribution in [2.75, 3.05) is 0 Å². The minimum absolute atomic E-state index is 0.120. The van der Waals surface area contributed by atoms with Crippen LogP contribution < -0.4 is 9.44 Å². The van der Waals surface area contributed by atoms with Crippen molar-refractivity contribution in [3.8, 4) is 0 Å². The van der Waals surface area contributed by atoms with Crippen molar-refractivity contribution in [1.29, 1.82) is 0 Å². The zero-order valence-corrected chi connectivity index (χ0v) is 11.5. The molecular weight excluding hydrogens is 268 g/mol. The van der Waals surface area contributed by atoms with E-state index in [1.807, 2.05) is 6.07 Å². The summed E-state index contributed by atoms with van der Waals surface area (Å²) in [6.07, 6.45) is 0.833. The highest BCUT2D eigenvalue weighted by Gasteiger charge is 2.22. The maximum absolute atomic E-state index is 11.7. The molecule has 0 aliphatic rings. The van der Waals surface area contributed by atoms with E-state index < -0.39 is 22.2 Å². The summed E-state index contributed by atoms with van der Waals surface area (Å²) in [5.41, 5.74) is 0.801. The SMILES string of the molecule is CCCC(NS(=O)(=O)NCc1ccccc1)C(=O)O. The van der Waals surface area contributed by atoms with Crippen LogP contribution in [0.25, 0.3) is 0 Å². The molecule has 0 radical (unpaired) electrons. The minimum Gasteiger partial charge on any atom is -0.480 e. The predicted octanol–water partition coefficient (Wildman–Crippen LogP) is 0.864. The first-order valence-electron chi connectivity index (χ1n) is 5.98. The number of carboxylic acid groups (broad SMARTS) is 1. The van der Waals surface area contributed by atoms with E-state index >= 15 is 0 Å². The lowest BCUT2D eigenvalue weighted by Gasteiger charge is -2.14. The molecule has 7 heteroatoms. The molecule has 1 atom stereocenters. The fourth-order valence-corrected chi connectivity index (χ4v) is 2.56. The Labute approximate surface area is 113 Å². The maximum Gasteiger partial charge on any atom is 0.321 e. The van der Waals surface area contributed by atoms with E-state index in [1.54, 1.807) is 31.2 Å². The quantitative estimate of drug-likeness (QED) is 0.660. The Morgan fingerprint density at radius 2 is 1.95 bits per heavy atom. The van der Waals surface area contributed by atoms with E-state index in [0.717, 1.165) is 5.56 Å². The van der Waals surface area contributed by atoms with Crippen molar-refractivity contribution in [3.05, 3.63) is 35.9 Å². The van der Waals surface area contributed by atoms with Gasteiger partial charge in [0.2, 0.25) is 0 Å². The van der Waals surface area contributed by atoms with Gasteiger partial charge in [-0.3, -0.25) is 4.79 Å². The molecular formula is C12H18N2O4S. The number of carboxylic acids is 1. The van der Waals surface area contributed by atoms with E-state index in [2.05, 4.69) is 9.44 Å². The Balaban J connectivity index is 2.58. The van der Waals surface area contributed by atoms with Crippen molar-refractivity contribution in [2.24, 2.45) is 0 Å². The first kappa shape index (κ1) is 15.6. The van der Waals surface area contributed by atoms with Crippen molar-refractivity contribution in [1.82, 2.24) is 9.44 Å². The average Bonchev–Trinajstić information content (AvgIpc) is 2.37. The number of rotatable bonds is 8. The second-order valence-corrected chi connectivity index (χ2v) is 5.64. The summed E-state index contributed by atoms with van der Waals surface area (Å²) in [5, 5.41) is 8.90. The molecule has 0 amide bonds. The zero-order chi connectivity index (χ0) is 14.3. The third-order valence-electron chi connectivity index (χ3n) is 2.48. The summed E-state index contributed by atoms with van der Waals surface area (Å²) in [6.45, 7) is 1.91. The Kier molecular flexibility index (Phi) is 5.94. The van der Waals surface area contributed by atoms with Crippen LogP contribution in [-0.4, -0.2) is 25.5 Å². The fourth-order valence-electron chi connectivity index (χ4n) is 1.52. The number of benzene rings is 1. The van der Waals surface area contributed by atoms with Gasteiger partial charge in [0.05, 0.1) is 0 Å². The third-order valence-corrected chi connectivity index (χ3v) is 3.60. The van der Waals surface area contributed by atoms with Gasteiger partial charge >= 0.3 is 5.97 Å². The largest absolute Gasteiger partial charge is 0.480 e. The lowest BCUT2D eigenvalue weighted by Crippen LogP contribution is -2.46. The number of nitrogens with one attached hydrogen (secondary N) is 2. The van der Waals surface area contributed by atoms with Gasteiger partial charge in [0.25, 0.3) is 10.2 Å². The summed E-state index contributed by atoms with van der Waals surface area (Å²) < 4.78 is 27.9. The third kappa shape index (κ3) is 5.82. The van der Waals surface area contributed by atoms with Gasteiger partial charge in [0.15, 0.2) is 0 Å². The van der Waals surface area contributed by atoms with Crippen LogP contribution in [0.5, 0.6) is 0 Å². The van der Waals surface area contributed by atoms with E-state index in [-0.39, 0.29) is 13.0 Å². The normalized spacial score (nSPS) is 13.1. The average molecular weight is 286 g/mol. The lowest BCUT2D eigenvalue weighted by molar-refractivity contribution is -0.139. The second kappa shape index (κ2) is 7.22. The van der Waals surface area contributed by atoms with Crippen LogP contribution >= 0.6 is 0 Å². The smallest absolute Gasteiger partial charge is 0.321 e. The van der Waals surface area contributed by atoms with Gasteiger partial charge in [-0.2, -0.15) is 17.9 Å². The Morgan fingerprint density at radius 1 is 1.32 bits per heavy atom. The van der Waals surface area contributed by atoms with E-state index in [0.29, 0.717) is 6.42 Å². The molecule has 0 aliphatic heterocycles. The molecule has 106 valence electrons. The van der Waals surface area contributed by atoms with Gasteiger partial charge < -0.3 is 5.11 Å². The van der Waals surface area contributed by atoms with Gasteiger partial charge in [-0.15, -0.1) is 0 Å². The number of hydrogen-bond acceptors (Lipinski definition) is 3. The fraction of sp³-hybridized carbons (Fsp3) is 0.417. The summed E-state index contributed by atoms with van der Waals surface area (Å²) >= 11 is 0. The van der Waals surface area contributed by atoms with E-state index in [9.17, 15) is 13.2 Å². The molecule has 19 heavy (non-hydrogen) atoms. The number of aliphatic carboxylic acids is 1. The molecule has 1 aromatic carbocycles. The van der Waals surface area contributed by atoms with Crippen LogP contribution in [0.1, 0.15) is 25.3 Å². The number of hydrogen-bond donors (Lipinski definition) is 3. The van der Waals surface area contributed by atoms with Crippen LogP contribution in [0.4, 0.5) is 0 Å². The van der Waals surface area contributed by atoms with Crippen molar-refractivity contribution in [3.63, 3.8) is 0 Å². The summed E-state index contributed by atoms with van der Waals surface area (Å²) in [5.74, 6) is -1.17. The lowest BCUT2D eigenvalue weighted by atomic mass is 10.2. The summed E-state index contributed by atoms with van der Waals surface area (Å²) in [7, 11) is -3.83. The summed E-state index contributed by atoms with van der Waals surface area (Å²) in [6, 6.07) is 7.89. The minimum atomic E-state index is -3.83.